The van der Waals surface area contributed by atoms with Gasteiger partial charge < -0.3 is 9.80 Å². The molecular formula is C33H34FN5O2S2. The molecule has 1 aromatic heterocycles. The number of benzene rings is 2. The van der Waals surface area contributed by atoms with E-state index in [1.807, 2.05) is 37.3 Å². The van der Waals surface area contributed by atoms with E-state index in [0.29, 0.717) is 59.6 Å². The first-order chi connectivity index (χ1) is 20.7. The topological polar surface area (TPSA) is 72.6 Å². The minimum absolute atomic E-state index is 0.0891. The summed E-state index contributed by atoms with van der Waals surface area (Å²) in [5.74, 6) is 0.258. The van der Waals surface area contributed by atoms with E-state index in [1.165, 1.54) is 23.9 Å². The Bertz CT molecular complexity index is 1670. The maximum absolute atomic E-state index is 13.7. The van der Waals surface area contributed by atoms with Gasteiger partial charge in [-0.15, -0.1) is 0 Å². The number of carbonyl (C=O) groups is 1. The number of nitrogens with zero attached hydrogens (tertiary/aromatic N) is 5. The highest BCUT2D eigenvalue weighted by atomic mass is 32.2. The summed E-state index contributed by atoms with van der Waals surface area (Å²) in [6, 6.07) is 16.6. The van der Waals surface area contributed by atoms with E-state index in [4.69, 9.17) is 12.2 Å². The largest absolute Gasteiger partial charge is 0.368 e. The van der Waals surface area contributed by atoms with Gasteiger partial charge in [0.05, 0.1) is 11.4 Å². The monoisotopic (exact) mass is 615 g/mol. The maximum atomic E-state index is 13.7. The van der Waals surface area contributed by atoms with Crippen molar-refractivity contribution in [3.05, 3.63) is 97.4 Å². The number of halogens is 1. The number of hydrogen-bond acceptors (Lipinski definition) is 7. The molecule has 1 amide bonds. The number of aryl methyl sites for hydroxylation is 1. The standard InChI is InChI=1S/C33H34FN5O2S2/c1-4-5-14-38-30(37-17-15-36(16-18-37)26-12-10-25(34)11-13-26)27(23(3)28(20-35)31(38)40)19-29-32(41)39(33(42)43-29)21-24-8-6-22(2)7-9-24/h6-13,19H,4-5,14-18,21H2,1-3H3/b29-19-. The third-order valence-electron chi connectivity index (χ3n) is 7.96. The van der Waals surface area contributed by atoms with Crippen LogP contribution >= 0.6 is 24.0 Å². The molecule has 0 bridgehead atoms. The van der Waals surface area contributed by atoms with Gasteiger partial charge in [0.2, 0.25) is 0 Å². The summed E-state index contributed by atoms with van der Waals surface area (Å²) >= 11 is 6.87. The Kier molecular flexibility index (Phi) is 9.33. The van der Waals surface area contributed by atoms with Crippen LogP contribution in [0.2, 0.25) is 0 Å². The Morgan fingerprint density at radius 1 is 1.00 bits per heavy atom. The first kappa shape index (κ1) is 30.5. The van der Waals surface area contributed by atoms with Crippen LogP contribution in [-0.4, -0.2) is 45.9 Å². The third-order valence-corrected chi connectivity index (χ3v) is 9.34. The Morgan fingerprint density at radius 2 is 1.65 bits per heavy atom. The van der Waals surface area contributed by atoms with E-state index in [1.54, 1.807) is 28.5 Å². The second kappa shape index (κ2) is 13.1. The molecule has 0 N–H and O–H groups in total. The van der Waals surface area contributed by atoms with Crippen molar-refractivity contribution in [3.63, 3.8) is 0 Å². The third kappa shape index (κ3) is 6.38. The zero-order chi connectivity index (χ0) is 30.7. The molecule has 2 aliphatic heterocycles. The highest BCUT2D eigenvalue weighted by Gasteiger charge is 2.34. The van der Waals surface area contributed by atoms with Crippen LogP contribution in [0.4, 0.5) is 15.9 Å². The van der Waals surface area contributed by atoms with Gasteiger partial charge in [0.1, 0.15) is 27.6 Å². The molecule has 2 aliphatic rings. The lowest BCUT2D eigenvalue weighted by atomic mass is 10.0. The number of hydrogen-bond donors (Lipinski definition) is 0. The number of rotatable bonds is 8. The van der Waals surface area contributed by atoms with Crippen LogP contribution in [0.1, 0.15) is 47.6 Å². The van der Waals surface area contributed by atoms with Crippen LogP contribution in [0.3, 0.4) is 0 Å². The minimum Gasteiger partial charge on any atom is -0.368 e. The number of thiocarbonyl (C=S) groups is 1. The second-order valence-electron chi connectivity index (χ2n) is 10.9. The van der Waals surface area contributed by atoms with Gasteiger partial charge in [-0.1, -0.05) is 67.2 Å². The summed E-state index contributed by atoms with van der Waals surface area (Å²) in [5, 5.41) is 10.0. The molecule has 43 heavy (non-hydrogen) atoms. The van der Waals surface area contributed by atoms with Crippen LogP contribution in [-0.2, 0) is 17.9 Å². The number of amides is 1. The number of piperazine rings is 1. The molecule has 0 aliphatic carbocycles. The van der Waals surface area contributed by atoms with Gasteiger partial charge in [-0.2, -0.15) is 5.26 Å². The average Bonchev–Trinajstić information content (AvgIpc) is 3.27. The lowest BCUT2D eigenvalue weighted by Gasteiger charge is -2.39. The van der Waals surface area contributed by atoms with Crippen LogP contribution in [0.5, 0.6) is 0 Å². The number of anilines is 2. The highest BCUT2D eigenvalue weighted by Crippen LogP contribution is 2.37. The summed E-state index contributed by atoms with van der Waals surface area (Å²) in [6.07, 6.45) is 3.47. The fourth-order valence-corrected chi connectivity index (χ4v) is 6.72. The first-order valence-electron chi connectivity index (χ1n) is 14.5. The van der Waals surface area contributed by atoms with Gasteiger partial charge in [-0.3, -0.25) is 19.1 Å². The molecular weight excluding hydrogens is 582 g/mol. The smallest absolute Gasteiger partial charge is 0.270 e. The SMILES string of the molecule is CCCCn1c(N2CCN(c3ccc(F)cc3)CC2)c(/C=C2\SC(=S)N(Cc3ccc(C)cc3)C2=O)c(C)c(C#N)c1=O. The van der Waals surface area contributed by atoms with E-state index in [-0.39, 0.29) is 22.8 Å². The van der Waals surface area contributed by atoms with Crippen LogP contribution in [0, 0.1) is 31.0 Å². The van der Waals surface area contributed by atoms with Crippen molar-refractivity contribution in [2.75, 3.05) is 36.0 Å². The van der Waals surface area contributed by atoms with E-state index in [0.717, 1.165) is 35.5 Å². The molecule has 0 unspecified atom stereocenters. The zero-order valence-corrected chi connectivity index (χ0v) is 26.2. The minimum atomic E-state index is -0.312. The lowest BCUT2D eigenvalue weighted by molar-refractivity contribution is -0.122. The summed E-state index contributed by atoms with van der Waals surface area (Å²) in [7, 11) is 0. The number of unbranched alkanes of at least 4 members (excludes halogenated alkanes) is 1. The van der Waals surface area contributed by atoms with Gasteiger partial charge in [0.25, 0.3) is 11.5 Å². The quantitative estimate of drug-likeness (QED) is 0.227. The fraction of sp³-hybridized carbons (Fsp3) is 0.333. The molecule has 2 saturated heterocycles. The molecule has 0 atom stereocenters. The van der Waals surface area contributed by atoms with Crippen molar-refractivity contribution in [1.82, 2.24) is 9.47 Å². The molecule has 222 valence electrons. The average molecular weight is 616 g/mol. The predicted molar refractivity (Wildman–Crippen MR) is 176 cm³/mol. The fourth-order valence-electron chi connectivity index (χ4n) is 5.48. The number of carbonyl (C=O) groups excluding carboxylic acids is 1. The van der Waals surface area contributed by atoms with Gasteiger partial charge in [-0.05, 0) is 61.7 Å². The van der Waals surface area contributed by atoms with Crippen LogP contribution < -0.4 is 15.4 Å². The van der Waals surface area contributed by atoms with Crippen molar-refractivity contribution in [2.45, 2.75) is 46.7 Å². The van der Waals surface area contributed by atoms with Crippen molar-refractivity contribution in [3.8, 4) is 6.07 Å². The zero-order valence-electron chi connectivity index (χ0n) is 24.6. The lowest BCUT2D eigenvalue weighted by Crippen LogP contribution is -2.48. The first-order valence-corrected chi connectivity index (χ1v) is 15.7. The normalized spacial score (nSPS) is 16.3. The van der Waals surface area contributed by atoms with E-state index in [2.05, 4.69) is 22.8 Å². The summed E-state index contributed by atoms with van der Waals surface area (Å²) in [6.45, 7) is 9.27. The molecule has 10 heteroatoms. The predicted octanol–water partition coefficient (Wildman–Crippen LogP) is 6.00. The van der Waals surface area contributed by atoms with E-state index < -0.39 is 0 Å². The van der Waals surface area contributed by atoms with Crippen molar-refractivity contribution >= 4 is 51.8 Å². The summed E-state index contributed by atoms with van der Waals surface area (Å²) < 4.78 is 15.7. The molecule has 3 heterocycles. The van der Waals surface area contributed by atoms with Crippen LogP contribution in [0.15, 0.2) is 58.2 Å². The Labute approximate surface area is 261 Å². The Hall–Kier alpha value is -3.94. The second-order valence-corrected chi connectivity index (χ2v) is 12.5. The molecule has 5 rings (SSSR count). The van der Waals surface area contributed by atoms with Gasteiger partial charge in [-0.25, -0.2) is 4.39 Å². The maximum Gasteiger partial charge on any atom is 0.270 e. The number of aromatic nitrogens is 1. The molecule has 7 nitrogen and oxygen atoms in total. The molecule has 0 spiro atoms. The highest BCUT2D eigenvalue weighted by molar-refractivity contribution is 8.26. The van der Waals surface area contributed by atoms with Crippen molar-refractivity contribution in [2.24, 2.45) is 0 Å². The molecule has 0 saturated carbocycles. The van der Waals surface area contributed by atoms with E-state index in [9.17, 15) is 19.2 Å². The van der Waals surface area contributed by atoms with Crippen molar-refractivity contribution in [1.29, 1.82) is 5.26 Å². The number of pyridine rings is 1. The summed E-state index contributed by atoms with van der Waals surface area (Å²) in [5.41, 5.74) is 4.09. The van der Waals surface area contributed by atoms with Crippen LogP contribution in [0.25, 0.3) is 6.08 Å². The Morgan fingerprint density at radius 3 is 2.28 bits per heavy atom. The van der Waals surface area contributed by atoms with Gasteiger partial charge in [0.15, 0.2) is 0 Å². The van der Waals surface area contributed by atoms with Gasteiger partial charge in [0, 0.05) is 44.0 Å². The number of thioether (sulfide) groups is 1. The van der Waals surface area contributed by atoms with Crippen molar-refractivity contribution < 1.29 is 9.18 Å². The summed E-state index contributed by atoms with van der Waals surface area (Å²) in [4.78, 5) is 33.7. The molecule has 2 aromatic carbocycles. The number of nitriles is 1. The Balaban J connectivity index is 1.53. The molecule has 2 fully saturated rings. The molecule has 0 radical (unpaired) electrons. The molecule has 3 aromatic rings. The van der Waals surface area contributed by atoms with Gasteiger partial charge >= 0.3 is 0 Å². The van der Waals surface area contributed by atoms with E-state index >= 15 is 0 Å².